The van der Waals surface area contributed by atoms with E-state index in [2.05, 4.69) is 15.2 Å². The molecule has 2 saturated heterocycles. The van der Waals surface area contributed by atoms with Crippen molar-refractivity contribution < 1.29 is 18.0 Å². The van der Waals surface area contributed by atoms with Gasteiger partial charge in [0, 0.05) is 24.5 Å². The van der Waals surface area contributed by atoms with Crippen molar-refractivity contribution in [3.8, 4) is 0 Å². The third kappa shape index (κ3) is 4.99. The molecule has 9 heteroatoms. The summed E-state index contributed by atoms with van der Waals surface area (Å²) >= 11 is 5.98. The summed E-state index contributed by atoms with van der Waals surface area (Å²) in [7, 11) is 0. The first-order valence-corrected chi connectivity index (χ1v) is 10.6. The topological polar surface area (TPSA) is 45.2 Å². The summed E-state index contributed by atoms with van der Waals surface area (Å²) in [5.41, 5.74) is -0.342. The smallest absolute Gasteiger partial charge is 0.344 e. The Morgan fingerprint density at radius 1 is 1.16 bits per heavy atom. The number of hydrogen-bond acceptors (Lipinski definition) is 3. The van der Waals surface area contributed by atoms with Crippen LogP contribution < -0.4 is 5.32 Å². The number of hydrogen-bond donors (Lipinski definition) is 1. The van der Waals surface area contributed by atoms with Crippen LogP contribution in [0.1, 0.15) is 59.6 Å². The summed E-state index contributed by atoms with van der Waals surface area (Å²) in [4.78, 5) is 19.7. The van der Waals surface area contributed by atoms with E-state index < -0.39 is 22.7 Å². The van der Waals surface area contributed by atoms with Crippen molar-refractivity contribution in [2.75, 3.05) is 6.54 Å². The lowest BCUT2D eigenvalue weighted by Gasteiger charge is -2.38. The third-order valence-corrected chi connectivity index (χ3v) is 6.57. The Balaban J connectivity index is 0.00000272. The minimum Gasteiger partial charge on any atom is -0.344 e. The number of alkyl halides is 3. The number of carbonyl (C=O) groups excluding carboxylic acids is 1. The first-order valence-electron chi connectivity index (χ1n) is 10.2. The summed E-state index contributed by atoms with van der Waals surface area (Å²) in [6.45, 7) is 0.965. The van der Waals surface area contributed by atoms with Crippen molar-refractivity contribution in [3.05, 3.63) is 64.4 Å². The minimum atomic E-state index is -4.62. The van der Waals surface area contributed by atoms with E-state index in [1.54, 1.807) is 18.5 Å². The molecule has 168 valence electrons. The van der Waals surface area contributed by atoms with Crippen LogP contribution in [0.25, 0.3) is 0 Å². The third-order valence-electron chi connectivity index (χ3n) is 6.16. The molecule has 31 heavy (non-hydrogen) atoms. The van der Waals surface area contributed by atoms with Gasteiger partial charge in [-0.3, -0.25) is 14.7 Å². The van der Waals surface area contributed by atoms with Gasteiger partial charge >= 0.3 is 6.18 Å². The fraction of sp³-hybridized carbons (Fsp3) is 0.455. The second-order valence-electron chi connectivity index (χ2n) is 7.93. The zero-order chi connectivity index (χ0) is 21.3. The molecular weight excluding hydrogens is 450 g/mol. The second kappa shape index (κ2) is 9.76. The number of benzene rings is 1. The lowest BCUT2D eigenvalue weighted by atomic mass is 9.97. The molecule has 2 aliphatic rings. The Morgan fingerprint density at radius 2 is 1.97 bits per heavy atom. The van der Waals surface area contributed by atoms with Gasteiger partial charge in [-0.05, 0) is 56.0 Å². The molecule has 0 bridgehead atoms. The van der Waals surface area contributed by atoms with Gasteiger partial charge in [0.25, 0.3) is 5.91 Å². The number of halogens is 5. The van der Waals surface area contributed by atoms with Gasteiger partial charge in [0.05, 0.1) is 22.2 Å². The Bertz CT molecular complexity index is 911. The van der Waals surface area contributed by atoms with Gasteiger partial charge < -0.3 is 5.32 Å². The first kappa shape index (κ1) is 23.8. The number of fused-ring (bicyclic) bond motifs is 1. The SMILES string of the molecule is Cl.O=C(NC(c1cccnc1)[C@H]1CC[C@H]2CCCCN21)c1cccc(C(F)(F)F)c1Cl. The van der Waals surface area contributed by atoms with Gasteiger partial charge in [-0.25, -0.2) is 0 Å². The molecule has 1 amide bonds. The molecule has 0 saturated carbocycles. The predicted molar refractivity (Wildman–Crippen MR) is 116 cm³/mol. The maximum absolute atomic E-state index is 13.2. The van der Waals surface area contributed by atoms with Crippen molar-refractivity contribution >= 4 is 29.9 Å². The number of aromatic nitrogens is 1. The Labute approximate surface area is 190 Å². The number of amides is 1. The van der Waals surface area contributed by atoms with Crippen LogP contribution in [0, 0.1) is 0 Å². The highest BCUT2D eigenvalue weighted by atomic mass is 35.5. The number of nitrogens with one attached hydrogen (secondary N) is 1. The number of rotatable bonds is 4. The number of pyridine rings is 1. The van der Waals surface area contributed by atoms with E-state index in [0.717, 1.165) is 43.9 Å². The molecule has 3 atom stereocenters. The molecule has 1 unspecified atom stereocenters. The van der Waals surface area contributed by atoms with Gasteiger partial charge in [-0.15, -0.1) is 12.4 Å². The average molecular weight is 474 g/mol. The van der Waals surface area contributed by atoms with E-state index in [0.29, 0.717) is 6.04 Å². The van der Waals surface area contributed by atoms with Gasteiger partial charge in [0.2, 0.25) is 0 Å². The molecule has 4 rings (SSSR count). The van der Waals surface area contributed by atoms with Crippen LogP contribution in [0.15, 0.2) is 42.7 Å². The van der Waals surface area contributed by atoms with Crippen LogP contribution >= 0.6 is 24.0 Å². The second-order valence-corrected chi connectivity index (χ2v) is 8.31. The largest absolute Gasteiger partial charge is 0.417 e. The Hall–Kier alpha value is -1.83. The van der Waals surface area contributed by atoms with Crippen molar-refractivity contribution in [3.63, 3.8) is 0 Å². The molecule has 4 nitrogen and oxygen atoms in total. The van der Waals surface area contributed by atoms with Gasteiger partial charge in [0.15, 0.2) is 0 Å². The molecular formula is C22H24Cl2F3N3O. The normalized spacial score (nSPS) is 22.3. The molecule has 2 fully saturated rings. The number of piperidine rings is 1. The van der Waals surface area contributed by atoms with Crippen LogP contribution in [-0.4, -0.2) is 34.4 Å². The van der Waals surface area contributed by atoms with Crippen molar-refractivity contribution in [2.24, 2.45) is 0 Å². The summed E-state index contributed by atoms with van der Waals surface area (Å²) < 4.78 is 39.7. The van der Waals surface area contributed by atoms with Gasteiger partial charge in [-0.2, -0.15) is 13.2 Å². The zero-order valence-corrected chi connectivity index (χ0v) is 18.3. The summed E-state index contributed by atoms with van der Waals surface area (Å²) in [6, 6.07) is 7.30. The highest BCUT2D eigenvalue weighted by Crippen LogP contribution is 2.39. The van der Waals surface area contributed by atoms with Crippen molar-refractivity contribution in [1.82, 2.24) is 15.2 Å². The quantitative estimate of drug-likeness (QED) is 0.622. The average Bonchev–Trinajstić information content (AvgIpc) is 3.15. The molecule has 1 aromatic heterocycles. The number of nitrogens with zero attached hydrogens (tertiary/aromatic N) is 2. The van der Waals surface area contributed by atoms with E-state index in [-0.39, 0.29) is 30.1 Å². The molecule has 0 radical (unpaired) electrons. The standard InChI is InChI=1S/C22H23ClF3N3O.ClH/c23-19-16(7-3-8-17(19)22(24,25)26)21(30)28-20(14-5-4-11-27-13-14)18-10-9-15-6-1-2-12-29(15)18;/h3-5,7-8,11,13,15,18,20H,1-2,6,9-10,12H2,(H,28,30);1H/t15-,18-,20?;/m1./s1. The number of carbonyl (C=O) groups is 1. The monoisotopic (exact) mass is 473 g/mol. The van der Waals surface area contributed by atoms with Crippen LogP contribution in [-0.2, 0) is 6.18 Å². The van der Waals surface area contributed by atoms with Crippen molar-refractivity contribution in [2.45, 2.75) is 56.4 Å². The Morgan fingerprint density at radius 3 is 2.68 bits per heavy atom. The van der Waals surface area contributed by atoms with E-state index in [1.165, 1.54) is 18.6 Å². The zero-order valence-electron chi connectivity index (χ0n) is 16.7. The minimum absolute atomic E-state index is 0. The molecule has 0 spiro atoms. The van der Waals surface area contributed by atoms with E-state index in [1.807, 2.05) is 6.07 Å². The molecule has 3 heterocycles. The summed E-state index contributed by atoms with van der Waals surface area (Å²) in [6.07, 6.45) is 4.17. The van der Waals surface area contributed by atoms with E-state index in [4.69, 9.17) is 11.6 Å². The fourth-order valence-electron chi connectivity index (χ4n) is 4.76. The molecule has 1 aromatic carbocycles. The molecule has 2 aliphatic heterocycles. The maximum Gasteiger partial charge on any atom is 0.417 e. The molecule has 0 aliphatic carbocycles. The van der Waals surface area contributed by atoms with Crippen LogP contribution in [0.5, 0.6) is 0 Å². The van der Waals surface area contributed by atoms with Crippen LogP contribution in [0.2, 0.25) is 5.02 Å². The maximum atomic E-state index is 13.2. The van der Waals surface area contributed by atoms with Crippen molar-refractivity contribution in [1.29, 1.82) is 0 Å². The van der Waals surface area contributed by atoms with Gasteiger partial charge in [-0.1, -0.05) is 30.2 Å². The van der Waals surface area contributed by atoms with Crippen LogP contribution in [0.3, 0.4) is 0 Å². The van der Waals surface area contributed by atoms with Gasteiger partial charge in [0.1, 0.15) is 0 Å². The lowest BCUT2D eigenvalue weighted by Crippen LogP contribution is -2.47. The lowest BCUT2D eigenvalue weighted by molar-refractivity contribution is -0.137. The summed E-state index contributed by atoms with van der Waals surface area (Å²) in [5, 5.41) is 2.40. The molecule has 1 N–H and O–H groups in total. The predicted octanol–water partition coefficient (Wildman–Crippen LogP) is 5.66. The Kier molecular flexibility index (Phi) is 7.50. The highest BCUT2D eigenvalue weighted by Gasteiger charge is 2.41. The molecule has 2 aromatic rings. The highest BCUT2D eigenvalue weighted by molar-refractivity contribution is 6.34. The summed E-state index contributed by atoms with van der Waals surface area (Å²) in [5.74, 6) is -0.611. The van der Waals surface area contributed by atoms with E-state index in [9.17, 15) is 18.0 Å². The first-order chi connectivity index (χ1) is 14.4. The van der Waals surface area contributed by atoms with Crippen LogP contribution in [0.4, 0.5) is 13.2 Å². The van der Waals surface area contributed by atoms with E-state index >= 15 is 0 Å². The fourth-order valence-corrected chi connectivity index (χ4v) is 5.08.